The highest BCUT2D eigenvalue weighted by atomic mass is 16.2. The van der Waals surface area contributed by atoms with Crippen LogP contribution in [-0.4, -0.2) is 41.3 Å². The molecule has 0 unspecified atom stereocenters. The van der Waals surface area contributed by atoms with Crippen LogP contribution < -0.4 is 4.90 Å². The summed E-state index contributed by atoms with van der Waals surface area (Å²) in [5.74, 6) is -0.276. The molecule has 1 saturated heterocycles. The van der Waals surface area contributed by atoms with E-state index in [1.165, 1.54) is 4.90 Å². The van der Waals surface area contributed by atoms with Crippen molar-refractivity contribution in [2.75, 3.05) is 18.5 Å². The molecule has 3 aromatic rings. The van der Waals surface area contributed by atoms with Crippen LogP contribution in [0.1, 0.15) is 16.9 Å². The van der Waals surface area contributed by atoms with Gasteiger partial charge in [0, 0.05) is 30.9 Å². The summed E-state index contributed by atoms with van der Waals surface area (Å²) in [5, 5.41) is 1.76. The van der Waals surface area contributed by atoms with Crippen molar-refractivity contribution in [1.29, 1.82) is 0 Å². The highest BCUT2D eigenvalue weighted by Crippen LogP contribution is 2.25. The molecule has 0 bridgehead atoms. The summed E-state index contributed by atoms with van der Waals surface area (Å²) in [6, 6.07) is 18.6. The largest absolute Gasteiger partial charge is 0.328 e. The Balaban J connectivity index is 1.60. The highest BCUT2D eigenvalue weighted by Gasteiger charge is 2.37. The Kier molecular flexibility index (Phi) is 4.13. The molecule has 1 aliphatic heterocycles. The summed E-state index contributed by atoms with van der Waals surface area (Å²) in [4.78, 5) is 33.4. The molecule has 2 amide bonds. The molecule has 1 fully saturated rings. The van der Waals surface area contributed by atoms with Crippen LogP contribution in [0.5, 0.6) is 0 Å². The van der Waals surface area contributed by atoms with Crippen molar-refractivity contribution in [3.8, 4) is 0 Å². The van der Waals surface area contributed by atoms with E-state index in [2.05, 4.69) is 4.98 Å². The van der Waals surface area contributed by atoms with Gasteiger partial charge in [0.2, 0.25) is 5.91 Å². The summed E-state index contributed by atoms with van der Waals surface area (Å²) in [6.45, 7) is 0.605. The second-order valence-electron chi connectivity index (χ2n) is 6.43. The van der Waals surface area contributed by atoms with Crippen LogP contribution in [0, 0.1) is 0 Å². The molecule has 1 aliphatic rings. The Bertz CT molecular complexity index is 966. The van der Waals surface area contributed by atoms with Crippen LogP contribution in [0.4, 0.5) is 5.69 Å². The van der Waals surface area contributed by atoms with Gasteiger partial charge in [-0.15, -0.1) is 0 Å². The first-order valence-electron chi connectivity index (χ1n) is 8.64. The minimum Gasteiger partial charge on any atom is -0.328 e. The summed E-state index contributed by atoms with van der Waals surface area (Å²) < 4.78 is 0. The first-order chi connectivity index (χ1) is 12.7. The van der Waals surface area contributed by atoms with Crippen LogP contribution >= 0.6 is 0 Å². The van der Waals surface area contributed by atoms with Crippen molar-refractivity contribution >= 4 is 28.3 Å². The number of hydrogen-bond acceptors (Lipinski definition) is 3. The molecule has 0 aliphatic carbocycles. The number of nitrogens with zero attached hydrogens (tertiary/aromatic N) is 3. The van der Waals surface area contributed by atoms with Gasteiger partial charge in [0.05, 0.1) is 0 Å². The molecule has 4 rings (SSSR count). The standard InChI is InChI=1S/C21H19N3O2/c1-23(18-12-14-24(20(18)25)16-8-3-2-4-9-16)21(26)19-17-10-6-5-7-15(17)11-13-22-19/h2-11,13,18H,12,14H2,1H3/t18-/m1/s1. The van der Waals surface area contributed by atoms with Crippen molar-refractivity contribution < 1.29 is 9.59 Å². The average Bonchev–Trinajstić information content (AvgIpc) is 3.08. The SMILES string of the molecule is CN(C(=O)c1nccc2ccccc12)[C@@H]1CCN(c2ccccc2)C1=O. The van der Waals surface area contributed by atoms with Gasteiger partial charge < -0.3 is 9.80 Å². The number of para-hydroxylation sites is 1. The van der Waals surface area contributed by atoms with Gasteiger partial charge in [0.25, 0.3) is 5.91 Å². The van der Waals surface area contributed by atoms with Gasteiger partial charge in [-0.25, -0.2) is 0 Å². The Labute approximate surface area is 151 Å². The number of benzene rings is 2. The van der Waals surface area contributed by atoms with Gasteiger partial charge in [0.15, 0.2) is 0 Å². The number of fused-ring (bicyclic) bond motifs is 1. The third kappa shape index (κ3) is 2.71. The number of rotatable bonds is 3. The van der Waals surface area contributed by atoms with E-state index in [9.17, 15) is 9.59 Å². The summed E-state index contributed by atoms with van der Waals surface area (Å²) in [5.41, 5.74) is 1.25. The van der Waals surface area contributed by atoms with Gasteiger partial charge in [-0.05, 0) is 30.0 Å². The van der Waals surface area contributed by atoms with E-state index >= 15 is 0 Å². The fourth-order valence-electron chi connectivity index (χ4n) is 3.49. The molecule has 2 heterocycles. The number of likely N-dealkylation sites (N-methyl/N-ethyl adjacent to an activating group) is 1. The highest BCUT2D eigenvalue weighted by molar-refractivity contribution is 6.08. The average molecular weight is 345 g/mol. The zero-order chi connectivity index (χ0) is 18.1. The molecular formula is C21H19N3O2. The van der Waals surface area contributed by atoms with E-state index in [0.717, 1.165) is 16.5 Å². The maximum atomic E-state index is 13.0. The van der Waals surface area contributed by atoms with Crippen LogP contribution in [0.25, 0.3) is 10.8 Å². The molecule has 0 N–H and O–H groups in total. The topological polar surface area (TPSA) is 53.5 Å². The molecule has 5 heteroatoms. The Morgan fingerprint density at radius 3 is 2.62 bits per heavy atom. The summed E-state index contributed by atoms with van der Waals surface area (Å²) >= 11 is 0. The Morgan fingerprint density at radius 1 is 1.08 bits per heavy atom. The second-order valence-corrected chi connectivity index (χ2v) is 6.43. The number of anilines is 1. The summed E-state index contributed by atoms with van der Waals surface area (Å²) in [6.07, 6.45) is 2.25. The van der Waals surface area contributed by atoms with Crippen LogP contribution in [-0.2, 0) is 4.79 Å². The lowest BCUT2D eigenvalue weighted by Crippen LogP contribution is -2.43. The molecule has 2 aromatic carbocycles. The Hall–Kier alpha value is -3.21. The van der Waals surface area contributed by atoms with Gasteiger partial charge in [-0.2, -0.15) is 0 Å². The fraction of sp³-hybridized carbons (Fsp3) is 0.190. The number of pyridine rings is 1. The number of amides is 2. The van der Waals surface area contributed by atoms with Crippen molar-refractivity contribution in [2.45, 2.75) is 12.5 Å². The number of hydrogen-bond donors (Lipinski definition) is 0. The van der Waals surface area contributed by atoms with E-state index in [0.29, 0.717) is 18.7 Å². The normalized spacial score (nSPS) is 16.9. The third-order valence-electron chi connectivity index (χ3n) is 4.91. The maximum Gasteiger partial charge on any atom is 0.273 e. The van der Waals surface area contributed by atoms with E-state index in [4.69, 9.17) is 0 Å². The van der Waals surface area contributed by atoms with E-state index in [-0.39, 0.29) is 11.8 Å². The lowest BCUT2D eigenvalue weighted by molar-refractivity contribution is -0.120. The number of carbonyl (C=O) groups excluding carboxylic acids is 2. The van der Waals surface area contributed by atoms with Crippen LogP contribution in [0.3, 0.4) is 0 Å². The molecule has 130 valence electrons. The Morgan fingerprint density at radius 2 is 1.81 bits per heavy atom. The maximum absolute atomic E-state index is 13.0. The number of carbonyl (C=O) groups is 2. The molecule has 1 aromatic heterocycles. The monoisotopic (exact) mass is 345 g/mol. The lowest BCUT2D eigenvalue weighted by atomic mass is 10.1. The minimum absolute atomic E-state index is 0.0488. The zero-order valence-electron chi connectivity index (χ0n) is 14.5. The first kappa shape index (κ1) is 16.3. The molecule has 0 saturated carbocycles. The molecule has 5 nitrogen and oxygen atoms in total. The van der Waals surface area contributed by atoms with Crippen molar-refractivity contribution in [3.63, 3.8) is 0 Å². The van der Waals surface area contributed by atoms with Gasteiger partial charge in [-0.3, -0.25) is 14.6 Å². The van der Waals surface area contributed by atoms with Gasteiger partial charge >= 0.3 is 0 Å². The summed E-state index contributed by atoms with van der Waals surface area (Å²) in [7, 11) is 1.68. The van der Waals surface area contributed by atoms with Crippen molar-refractivity contribution in [3.05, 3.63) is 72.6 Å². The molecule has 0 spiro atoms. The predicted molar refractivity (Wildman–Crippen MR) is 101 cm³/mol. The smallest absolute Gasteiger partial charge is 0.273 e. The van der Waals surface area contributed by atoms with Crippen LogP contribution in [0.2, 0.25) is 0 Å². The van der Waals surface area contributed by atoms with Gasteiger partial charge in [-0.1, -0.05) is 42.5 Å². The van der Waals surface area contributed by atoms with E-state index < -0.39 is 6.04 Å². The molecule has 1 atom stereocenters. The van der Waals surface area contributed by atoms with Gasteiger partial charge in [0.1, 0.15) is 11.7 Å². The van der Waals surface area contributed by atoms with Crippen LogP contribution in [0.15, 0.2) is 66.9 Å². The quantitative estimate of drug-likeness (QED) is 0.733. The van der Waals surface area contributed by atoms with E-state index in [1.54, 1.807) is 18.1 Å². The second kappa shape index (κ2) is 6.59. The van der Waals surface area contributed by atoms with Crippen molar-refractivity contribution in [1.82, 2.24) is 9.88 Å². The third-order valence-corrected chi connectivity index (χ3v) is 4.91. The molecule has 0 radical (unpaired) electrons. The number of aromatic nitrogens is 1. The zero-order valence-corrected chi connectivity index (χ0v) is 14.5. The van der Waals surface area contributed by atoms with E-state index in [1.807, 2.05) is 60.7 Å². The van der Waals surface area contributed by atoms with Crippen molar-refractivity contribution in [2.24, 2.45) is 0 Å². The molecule has 26 heavy (non-hydrogen) atoms. The first-order valence-corrected chi connectivity index (χ1v) is 8.64. The fourth-order valence-corrected chi connectivity index (χ4v) is 3.49. The predicted octanol–water partition coefficient (Wildman–Crippen LogP) is 3.11. The lowest BCUT2D eigenvalue weighted by Gasteiger charge is -2.24. The molecular weight excluding hydrogens is 326 g/mol. The minimum atomic E-state index is -0.469.